The number of aromatic nitrogens is 4. The maximum atomic E-state index is 11.8. The number of hydrogen-bond acceptors (Lipinski definition) is 6. The van der Waals surface area contributed by atoms with Crippen molar-refractivity contribution in [3.8, 4) is 22.8 Å². The van der Waals surface area contributed by atoms with Gasteiger partial charge in [-0.2, -0.15) is 5.10 Å². The number of para-hydroxylation sites is 1. The van der Waals surface area contributed by atoms with Crippen molar-refractivity contribution in [1.29, 1.82) is 0 Å². The van der Waals surface area contributed by atoms with Crippen LogP contribution in [0.25, 0.3) is 22.3 Å². The third-order valence-corrected chi connectivity index (χ3v) is 4.67. The second-order valence-corrected chi connectivity index (χ2v) is 7.10. The van der Waals surface area contributed by atoms with Gasteiger partial charge in [0, 0.05) is 26.2 Å². The predicted octanol–water partition coefficient (Wildman–Crippen LogP) is 3.14. The maximum absolute atomic E-state index is 11.8. The molecule has 158 valence electrons. The minimum atomic E-state index is -0.167. The molecule has 2 amide bonds. The Balaban J connectivity index is 1.60. The number of carbonyl (C=O) groups is 1. The van der Waals surface area contributed by atoms with E-state index in [0.29, 0.717) is 41.4 Å². The van der Waals surface area contributed by atoms with Crippen LogP contribution in [0, 0.1) is 0 Å². The fraction of sp³-hybridized carbons (Fsp3) is 0.182. The summed E-state index contributed by atoms with van der Waals surface area (Å²) in [7, 11) is 3.38. The van der Waals surface area contributed by atoms with Crippen LogP contribution in [-0.4, -0.2) is 51.3 Å². The van der Waals surface area contributed by atoms with E-state index >= 15 is 0 Å². The van der Waals surface area contributed by atoms with Gasteiger partial charge >= 0.3 is 6.03 Å². The van der Waals surface area contributed by atoms with Crippen LogP contribution in [0.5, 0.6) is 11.5 Å². The monoisotopic (exact) mass is 417 g/mol. The molecule has 0 bridgehead atoms. The first-order valence-electron chi connectivity index (χ1n) is 9.78. The molecule has 31 heavy (non-hydrogen) atoms. The van der Waals surface area contributed by atoms with E-state index in [1.165, 1.54) is 11.2 Å². The number of nitrogens with two attached hydrogens (primary N) is 1. The molecular weight excluding hydrogens is 394 g/mol. The number of rotatable bonds is 6. The fourth-order valence-corrected chi connectivity index (χ4v) is 3.12. The third-order valence-electron chi connectivity index (χ3n) is 4.67. The zero-order valence-corrected chi connectivity index (χ0v) is 17.3. The zero-order valence-electron chi connectivity index (χ0n) is 17.3. The van der Waals surface area contributed by atoms with Gasteiger partial charge in [0.25, 0.3) is 0 Å². The summed E-state index contributed by atoms with van der Waals surface area (Å²) in [5.74, 6) is 1.84. The number of nitrogens with zero attached hydrogens (tertiary/aromatic N) is 5. The molecule has 3 N–H and O–H groups in total. The predicted molar refractivity (Wildman–Crippen MR) is 119 cm³/mol. The summed E-state index contributed by atoms with van der Waals surface area (Å²) < 4.78 is 7.59. The number of anilines is 1. The zero-order chi connectivity index (χ0) is 21.8. The molecule has 2 aromatic heterocycles. The average molecular weight is 417 g/mol. The van der Waals surface area contributed by atoms with Crippen LogP contribution in [-0.2, 0) is 6.54 Å². The standard InChI is InChI=1S/C22H23N7O2/c1-28(2)22(30)24-12-13-29-21-18(20(23)25-14-26-21)19(27-29)15-8-10-17(11-9-15)31-16-6-4-3-5-7-16/h3-11,14H,12-13H2,1-2H3,(H,24,30)(H2,23,25,26). The molecule has 0 aliphatic rings. The van der Waals surface area contributed by atoms with Gasteiger partial charge in [-0.1, -0.05) is 18.2 Å². The summed E-state index contributed by atoms with van der Waals surface area (Å²) in [5, 5.41) is 8.21. The number of fused-ring (bicyclic) bond motifs is 1. The fourth-order valence-electron chi connectivity index (χ4n) is 3.12. The van der Waals surface area contributed by atoms with Gasteiger partial charge in [-0.15, -0.1) is 0 Å². The first-order chi connectivity index (χ1) is 15.0. The Bertz CT molecular complexity index is 1190. The molecule has 2 aromatic carbocycles. The third kappa shape index (κ3) is 4.40. The molecular formula is C22H23N7O2. The lowest BCUT2D eigenvalue weighted by atomic mass is 10.1. The molecule has 0 saturated heterocycles. The molecule has 0 aliphatic heterocycles. The van der Waals surface area contributed by atoms with E-state index in [-0.39, 0.29) is 6.03 Å². The molecule has 0 unspecified atom stereocenters. The summed E-state index contributed by atoms with van der Waals surface area (Å²) in [6.07, 6.45) is 1.41. The lowest BCUT2D eigenvalue weighted by molar-refractivity contribution is 0.217. The van der Waals surface area contributed by atoms with E-state index in [2.05, 4.69) is 15.3 Å². The van der Waals surface area contributed by atoms with Gasteiger partial charge in [0.2, 0.25) is 0 Å². The smallest absolute Gasteiger partial charge is 0.316 e. The Morgan fingerprint density at radius 1 is 1.06 bits per heavy atom. The molecule has 2 heterocycles. The minimum Gasteiger partial charge on any atom is -0.457 e. The van der Waals surface area contributed by atoms with Crippen LogP contribution >= 0.6 is 0 Å². The van der Waals surface area contributed by atoms with E-state index in [1.807, 2.05) is 54.6 Å². The highest BCUT2D eigenvalue weighted by Gasteiger charge is 2.17. The van der Waals surface area contributed by atoms with Gasteiger partial charge in [0.05, 0.1) is 11.9 Å². The van der Waals surface area contributed by atoms with E-state index < -0.39 is 0 Å². The number of nitrogens with one attached hydrogen (secondary N) is 1. The Labute approximate surface area is 179 Å². The minimum absolute atomic E-state index is 0.167. The van der Waals surface area contributed by atoms with Gasteiger partial charge < -0.3 is 20.7 Å². The lowest BCUT2D eigenvalue weighted by Gasteiger charge is -2.11. The highest BCUT2D eigenvalue weighted by Crippen LogP contribution is 2.31. The van der Waals surface area contributed by atoms with Crippen LogP contribution in [0.4, 0.5) is 10.6 Å². The number of amides is 2. The molecule has 4 aromatic rings. The number of hydrogen-bond donors (Lipinski definition) is 2. The largest absolute Gasteiger partial charge is 0.457 e. The molecule has 0 fully saturated rings. The molecule has 9 heteroatoms. The second kappa shape index (κ2) is 8.70. The average Bonchev–Trinajstić information content (AvgIpc) is 3.15. The van der Waals surface area contributed by atoms with Crippen LogP contribution < -0.4 is 15.8 Å². The Kier molecular flexibility index (Phi) is 5.65. The summed E-state index contributed by atoms with van der Waals surface area (Å²) in [6, 6.07) is 17.0. The second-order valence-electron chi connectivity index (χ2n) is 7.10. The van der Waals surface area contributed by atoms with E-state index in [1.54, 1.807) is 18.8 Å². The highest BCUT2D eigenvalue weighted by atomic mass is 16.5. The van der Waals surface area contributed by atoms with Crippen molar-refractivity contribution in [1.82, 2.24) is 30.0 Å². The van der Waals surface area contributed by atoms with Crippen molar-refractivity contribution in [2.75, 3.05) is 26.4 Å². The van der Waals surface area contributed by atoms with Gasteiger partial charge in [-0.25, -0.2) is 19.4 Å². The summed E-state index contributed by atoms with van der Waals surface area (Å²) in [5.41, 5.74) is 8.31. The van der Waals surface area contributed by atoms with Crippen LogP contribution in [0.2, 0.25) is 0 Å². The van der Waals surface area contributed by atoms with Crippen LogP contribution in [0.15, 0.2) is 60.9 Å². The van der Waals surface area contributed by atoms with Crippen molar-refractivity contribution >= 4 is 22.9 Å². The number of carbonyl (C=O) groups excluding carboxylic acids is 1. The van der Waals surface area contributed by atoms with E-state index in [9.17, 15) is 4.79 Å². The Morgan fingerprint density at radius 3 is 2.48 bits per heavy atom. The SMILES string of the molecule is CN(C)C(=O)NCCn1nc(-c2ccc(Oc3ccccc3)cc2)c2c(N)ncnc21. The van der Waals surface area contributed by atoms with Gasteiger partial charge in [-0.3, -0.25) is 0 Å². The number of benzene rings is 2. The molecule has 0 radical (unpaired) electrons. The highest BCUT2D eigenvalue weighted by molar-refractivity contribution is 5.98. The van der Waals surface area contributed by atoms with Crippen LogP contribution in [0.1, 0.15) is 0 Å². The molecule has 0 atom stereocenters. The van der Waals surface area contributed by atoms with Crippen LogP contribution in [0.3, 0.4) is 0 Å². The molecule has 0 saturated carbocycles. The van der Waals surface area contributed by atoms with Crippen molar-refractivity contribution in [3.63, 3.8) is 0 Å². The first kappa shape index (κ1) is 20.1. The quantitative estimate of drug-likeness (QED) is 0.499. The van der Waals surface area contributed by atoms with E-state index in [0.717, 1.165) is 11.3 Å². The summed E-state index contributed by atoms with van der Waals surface area (Å²) in [4.78, 5) is 21.7. The van der Waals surface area contributed by atoms with Gasteiger partial charge in [-0.05, 0) is 36.4 Å². The number of nitrogen functional groups attached to an aromatic ring is 1. The van der Waals surface area contributed by atoms with Crippen molar-refractivity contribution < 1.29 is 9.53 Å². The Morgan fingerprint density at radius 2 is 1.77 bits per heavy atom. The first-order valence-corrected chi connectivity index (χ1v) is 9.78. The molecule has 9 nitrogen and oxygen atoms in total. The molecule has 4 rings (SSSR count). The van der Waals surface area contributed by atoms with Crippen molar-refractivity contribution in [2.24, 2.45) is 0 Å². The molecule has 0 spiro atoms. The van der Waals surface area contributed by atoms with Gasteiger partial charge in [0.1, 0.15) is 29.3 Å². The van der Waals surface area contributed by atoms with E-state index in [4.69, 9.17) is 15.6 Å². The maximum Gasteiger partial charge on any atom is 0.316 e. The topological polar surface area (TPSA) is 111 Å². The number of urea groups is 1. The Hall–Kier alpha value is -4.14. The van der Waals surface area contributed by atoms with Crippen molar-refractivity contribution in [3.05, 3.63) is 60.9 Å². The van der Waals surface area contributed by atoms with Crippen molar-refractivity contribution in [2.45, 2.75) is 6.54 Å². The molecule has 0 aliphatic carbocycles. The lowest BCUT2D eigenvalue weighted by Crippen LogP contribution is -2.36. The summed E-state index contributed by atoms with van der Waals surface area (Å²) in [6.45, 7) is 0.850. The van der Waals surface area contributed by atoms with Gasteiger partial charge in [0.15, 0.2) is 5.65 Å². The summed E-state index contributed by atoms with van der Waals surface area (Å²) >= 11 is 0. The normalized spacial score (nSPS) is 10.8. The number of ether oxygens (including phenoxy) is 1.